The van der Waals surface area contributed by atoms with Crippen molar-refractivity contribution in [3.63, 3.8) is 0 Å². The number of hydrogen-bond acceptors (Lipinski definition) is 4. The van der Waals surface area contributed by atoms with E-state index >= 15 is 0 Å². The third-order valence-electron chi connectivity index (χ3n) is 4.40. The van der Waals surface area contributed by atoms with Gasteiger partial charge in [-0.25, -0.2) is 0 Å². The van der Waals surface area contributed by atoms with Crippen molar-refractivity contribution in [3.8, 4) is 17.2 Å². The van der Waals surface area contributed by atoms with Crippen molar-refractivity contribution in [2.24, 2.45) is 0 Å². The average molecular weight is 388 g/mol. The Labute approximate surface area is 170 Å². The van der Waals surface area contributed by atoms with Crippen molar-refractivity contribution in [2.75, 3.05) is 0 Å². The number of carbonyl (C=O) groups excluding carboxylic acids is 1. The van der Waals surface area contributed by atoms with E-state index in [9.17, 15) is 4.79 Å². The molecule has 5 heteroatoms. The van der Waals surface area contributed by atoms with Crippen LogP contribution in [0.15, 0.2) is 78.9 Å². The number of ether oxygens (including phenoxy) is 2. The largest absolute Gasteiger partial charge is 0.489 e. The van der Waals surface area contributed by atoms with Crippen LogP contribution in [0.3, 0.4) is 0 Å². The average Bonchev–Trinajstić information content (AvgIpc) is 2.73. The second-order valence-corrected chi connectivity index (χ2v) is 6.75. The van der Waals surface area contributed by atoms with Crippen LogP contribution in [0, 0.1) is 5.41 Å². The highest BCUT2D eigenvalue weighted by Crippen LogP contribution is 2.26. The highest BCUT2D eigenvalue weighted by atomic mass is 16.5. The van der Waals surface area contributed by atoms with Crippen molar-refractivity contribution < 1.29 is 14.3 Å². The number of rotatable bonds is 8. The fraction of sp³-hybridized carbons (Fsp3) is 0.167. The van der Waals surface area contributed by atoms with Crippen LogP contribution >= 0.6 is 0 Å². The van der Waals surface area contributed by atoms with Crippen LogP contribution in [0.25, 0.3) is 0 Å². The highest BCUT2D eigenvalue weighted by Gasteiger charge is 2.11. The Morgan fingerprint density at radius 3 is 2.31 bits per heavy atom. The number of nitrogens with one attached hydrogen (secondary N) is 2. The van der Waals surface area contributed by atoms with E-state index in [4.69, 9.17) is 14.9 Å². The predicted octanol–water partition coefficient (Wildman–Crippen LogP) is 5.22. The van der Waals surface area contributed by atoms with Gasteiger partial charge in [0.05, 0.1) is 6.04 Å². The smallest absolute Gasteiger partial charge is 0.251 e. The van der Waals surface area contributed by atoms with Crippen LogP contribution in [0.5, 0.6) is 17.2 Å². The lowest BCUT2D eigenvalue weighted by Gasteiger charge is -2.13. The van der Waals surface area contributed by atoms with E-state index in [0.717, 1.165) is 11.3 Å². The quantitative estimate of drug-likeness (QED) is 0.520. The molecule has 0 saturated heterocycles. The summed E-state index contributed by atoms with van der Waals surface area (Å²) in [5, 5.41) is 10.3. The lowest BCUT2D eigenvalue weighted by atomic mass is 10.1. The molecule has 0 fully saturated rings. The van der Waals surface area contributed by atoms with Crippen LogP contribution in [0.4, 0.5) is 0 Å². The van der Waals surface area contributed by atoms with Crippen LogP contribution in [-0.2, 0) is 6.61 Å². The molecule has 0 radical (unpaired) electrons. The molecule has 2 N–H and O–H groups in total. The van der Waals surface area contributed by atoms with Gasteiger partial charge in [-0.1, -0.05) is 36.4 Å². The maximum absolute atomic E-state index is 12.2. The number of benzene rings is 3. The summed E-state index contributed by atoms with van der Waals surface area (Å²) < 4.78 is 11.7. The molecule has 0 aromatic heterocycles. The first-order chi connectivity index (χ1) is 14.0. The van der Waals surface area contributed by atoms with E-state index < -0.39 is 0 Å². The Balaban J connectivity index is 1.60. The zero-order chi connectivity index (χ0) is 20.6. The molecular formula is C24H24N2O3. The first-order valence-corrected chi connectivity index (χ1v) is 9.42. The number of amides is 1. The van der Waals surface area contributed by atoms with Crippen LogP contribution in [0.2, 0.25) is 0 Å². The molecule has 0 aliphatic heterocycles. The molecule has 3 aromatic carbocycles. The molecule has 0 saturated carbocycles. The van der Waals surface area contributed by atoms with Gasteiger partial charge in [-0.05, 0) is 55.8 Å². The standard InChI is InChI=1S/C24H24N2O3/c1-17(25)18(2)26-24(27)20-11-13-21(14-12-20)29-23-10-6-9-22(15-23)28-16-19-7-4-3-5-8-19/h3-15,18,25H,16H2,1-2H3,(H,26,27). The van der Waals surface area contributed by atoms with Gasteiger partial charge in [0.2, 0.25) is 0 Å². The molecule has 0 bridgehead atoms. The zero-order valence-corrected chi connectivity index (χ0v) is 16.5. The first kappa shape index (κ1) is 20.1. The summed E-state index contributed by atoms with van der Waals surface area (Å²) in [6, 6.07) is 24.0. The second-order valence-electron chi connectivity index (χ2n) is 6.75. The molecule has 0 aliphatic carbocycles. The van der Waals surface area contributed by atoms with E-state index in [-0.39, 0.29) is 11.9 Å². The van der Waals surface area contributed by atoms with E-state index in [0.29, 0.717) is 29.4 Å². The van der Waals surface area contributed by atoms with E-state index in [2.05, 4.69) is 5.32 Å². The summed E-state index contributed by atoms with van der Waals surface area (Å²) >= 11 is 0. The third kappa shape index (κ3) is 5.94. The Kier molecular flexibility index (Phi) is 6.63. The summed E-state index contributed by atoms with van der Waals surface area (Å²) in [5.41, 5.74) is 2.03. The van der Waals surface area contributed by atoms with Gasteiger partial charge in [0.25, 0.3) is 5.91 Å². The Bertz CT molecular complexity index is 969. The molecule has 0 aliphatic rings. The monoisotopic (exact) mass is 388 g/mol. The normalized spacial score (nSPS) is 11.4. The minimum absolute atomic E-state index is 0.216. The fourth-order valence-corrected chi connectivity index (χ4v) is 2.57. The molecular weight excluding hydrogens is 364 g/mol. The van der Waals surface area contributed by atoms with Gasteiger partial charge in [-0.2, -0.15) is 0 Å². The van der Waals surface area contributed by atoms with E-state index in [1.165, 1.54) is 0 Å². The molecule has 3 aromatic rings. The van der Waals surface area contributed by atoms with Crippen LogP contribution < -0.4 is 14.8 Å². The molecule has 0 heterocycles. The van der Waals surface area contributed by atoms with Crippen LogP contribution in [-0.4, -0.2) is 17.7 Å². The van der Waals surface area contributed by atoms with Gasteiger partial charge in [-0.3, -0.25) is 4.79 Å². The molecule has 29 heavy (non-hydrogen) atoms. The summed E-state index contributed by atoms with van der Waals surface area (Å²) in [6.45, 7) is 3.94. The van der Waals surface area contributed by atoms with Gasteiger partial charge in [0, 0.05) is 17.3 Å². The van der Waals surface area contributed by atoms with Gasteiger partial charge < -0.3 is 20.2 Å². The minimum Gasteiger partial charge on any atom is -0.489 e. The molecule has 0 spiro atoms. The Morgan fingerprint density at radius 1 is 0.931 bits per heavy atom. The Hall–Kier alpha value is -3.60. The maximum atomic E-state index is 12.2. The van der Waals surface area contributed by atoms with E-state index in [1.54, 1.807) is 38.1 Å². The lowest BCUT2D eigenvalue weighted by molar-refractivity contribution is 0.0949. The molecule has 1 unspecified atom stereocenters. The number of hydrogen-bond donors (Lipinski definition) is 2. The van der Waals surface area contributed by atoms with Gasteiger partial charge in [0.1, 0.15) is 23.9 Å². The third-order valence-corrected chi connectivity index (χ3v) is 4.40. The summed E-state index contributed by atoms with van der Waals surface area (Å²) in [4.78, 5) is 12.2. The van der Waals surface area contributed by atoms with Crippen molar-refractivity contribution in [2.45, 2.75) is 26.5 Å². The van der Waals surface area contributed by atoms with Gasteiger partial charge >= 0.3 is 0 Å². The van der Waals surface area contributed by atoms with Gasteiger partial charge in [0.15, 0.2) is 0 Å². The maximum Gasteiger partial charge on any atom is 0.251 e. The van der Waals surface area contributed by atoms with Crippen molar-refractivity contribution in [3.05, 3.63) is 90.0 Å². The highest BCUT2D eigenvalue weighted by molar-refractivity contribution is 5.97. The summed E-state index contributed by atoms with van der Waals surface area (Å²) in [6.07, 6.45) is 0. The molecule has 1 atom stereocenters. The van der Waals surface area contributed by atoms with Crippen molar-refractivity contribution >= 4 is 11.6 Å². The molecule has 3 rings (SSSR count). The first-order valence-electron chi connectivity index (χ1n) is 9.42. The lowest BCUT2D eigenvalue weighted by Crippen LogP contribution is -2.36. The van der Waals surface area contributed by atoms with Crippen molar-refractivity contribution in [1.82, 2.24) is 5.32 Å². The fourth-order valence-electron chi connectivity index (χ4n) is 2.57. The molecule has 1 amide bonds. The molecule has 5 nitrogen and oxygen atoms in total. The zero-order valence-electron chi connectivity index (χ0n) is 16.5. The minimum atomic E-state index is -0.294. The Morgan fingerprint density at radius 2 is 1.62 bits per heavy atom. The van der Waals surface area contributed by atoms with E-state index in [1.807, 2.05) is 54.6 Å². The molecule has 148 valence electrons. The predicted molar refractivity (Wildman–Crippen MR) is 114 cm³/mol. The number of carbonyl (C=O) groups is 1. The SMILES string of the molecule is CC(=N)C(C)NC(=O)c1ccc(Oc2cccc(OCc3ccccc3)c2)cc1. The van der Waals surface area contributed by atoms with Crippen LogP contribution in [0.1, 0.15) is 29.8 Å². The second kappa shape index (κ2) is 9.55. The van der Waals surface area contributed by atoms with Gasteiger partial charge in [-0.15, -0.1) is 0 Å². The summed E-state index contributed by atoms with van der Waals surface area (Å²) in [7, 11) is 0. The topological polar surface area (TPSA) is 71.4 Å². The summed E-state index contributed by atoms with van der Waals surface area (Å²) in [5.74, 6) is 1.78. The van der Waals surface area contributed by atoms with Crippen molar-refractivity contribution in [1.29, 1.82) is 5.41 Å².